The van der Waals surface area contributed by atoms with Crippen LogP contribution in [-0.4, -0.2) is 22.7 Å². The van der Waals surface area contributed by atoms with Crippen molar-refractivity contribution in [3.8, 4) is 0 Å². The average Bonchev–Trinajstić information content (AvgIpc) is 2.57. The highest BCUT2D eigenvalue weighted by Gasteiger charge is 2.31. The molecule has 1 aromatic heterocycles. The van der Waals surface area contributed by atoms with Gasteiger partial charge in [0, 0.05) is 4.88 Å². The fourth-order valence-corrected chi connectivity index (χ4v) is 2.34. The summed E-state index contributed by atoms with van der Waals surface area (Å²) < 4.78 is 0. The summed E-state index contributed by atoms with van der Waals surface area (Å²) in [7, 11) is 0. The van der Waals surface area contributed by atoms with E-state index in [1.807, 2.05) is 18.4 Å². The second kappa shape index (κ2) is 4.05. The second-order valence-electron chi connectivity index (χ2n) is 3.54. The molecule has 1 aliphatic heterocycles. The van der Waals surface area contributed by atoms with E-state index in [-0.39, 0.29) is 13.0 Å². The molecule has 6 heteroatoms. The van der Waals surface area contributed by atoms with Crippen LogP contribution in [0.5, 0.6) is 0 Å². The molecule has 2 rings (SSSR count). The molecule has 1 fully saturated rings. The Bertz CT molecular complexity index is 446. The van der Waals surface area contributed by atoms with Crippen molar-refractivity contribution in [2.45, 2.75) is 19.9 Å². The number of urea groups is 1. The second-order valence-corrected chi connectivity index (χ2v) is 4.54. The van der Waals surface area contributed by atoms with Gasteiger partial charge in [0.1, 0.15) is 6.42 Å². The molecule has 0 aliphatic carbocycles. The highest BCUT2D eigenvalue weighted by molar-refractivity contribution is 7.10. The zero-order chi connectivity index (χ0) is 11.7. The van der Waals surface area contributed by atoms with Gasteiger partial charge in [-0.2, -0.15) is 0 Å². The first-order valence-electron chi connectivity index (χ1n) is 4.75. The Morgan fingerprint density at radius 2 is 2.19 bits per heavy atom. The summed E-state index contributed by atoms with van der Waals surface area (Å²) >= 11 is 1.49. The van der Waals surface area contributed by atoms with Crippen molar-refractivity contribution in [2.24, 2.45) is 0 Å². The van der Waals surface area contributed by atoms with Crippen LogP contribution >= 0.6 is 11.3 Å². The van der Waals surface area contributed by atoms with Gasteiger partial charge in [0.15, 0.2) is 0 Å². The third-order valence-electron chi connectivity index (χ3n) is 2.37. The molecule has 1 saturated heterocycles. The van der Waals surface area contributed by atoms with Gasteiger partial charge >= 0.3 is 6.03 Å². The van der Waals surface area contributed by atoms with E-state index < -0.39 is 17.8 Å². The minimum Gasteiger partial charge on any atom is -0.277 e. The van der Waals surface area contributed by atoms with E-state index in [0.717, 1.165) is 15.3 Å². The van der Waals surface area contributed by atoms with Gasteiger partial charge in [0.05, 0.1) is 6.54 Å². The highest BCUT2D eigenvalue weighted by atomic mass is 32.1. The Morgan fingerprint density at radius 1 is 1.44 bits per heavy atom. The van der Waals surface area contributed by atoms with E-state index in [1.54, 1.807) is 0 Å². The highest BCUT2D eigenvalue weighted by Crippen LogP contribution is 2.19. The summed E-state index contributed by atoms with van der Waals surface area (Å²) in [6.45, 7) is 2.16. The van der Waals surface area contributed by atoms with E-state index in [4.69, 9.17) is 0 Å². The monoisotopic (exact) mass is 238 g/mol. The van der Waals surface area contributed by atoms with Crippen LogP contribution < -0.4 is 5.32 Å². The normalized spacial score (nSPS) is 16.6. The molecular weight excluding hydrogens is 228 g/mol. The number of hydrogen-bond acceptors (Lipinski definition) is 4. The molecule has 2 heterocycles. The molecule has 1 aromatic rings. The maximum absolute atomic E-state index is 11.5. The maximum Gasteiger partial charge on any atom is 0.331 e. The topological polar surface area (TPSA) is 66.5 Å². The minimum atomic E-state index is -0.631. The SMILES string of the molecule is Cc1ccsc1CN1C(=O)CC(=O)NC1=O. The fourth-order valence-electron chi connectivity index (χ4n) is 1.45. The van der Waals surface area contributed by atoms with Gasteiger partial charge in [0.2, 0.25) is 11.8 Å². The third kappa shape index (κ3) is 1.96. The van der Waals surface area contributed by atoms with Crippen LogP contribution in [0.1, 0.15) is 16.9 Å². The molecule has 1 aliphatic rings. The van der Waals surface area contributed by atoms with E-state index >= 15 is 0 Å². The predicted molar refractivity (Wildman–Crippen MR) is 57.8 cm³/mol. The Morgan fingerprint density at radius 3 is 2.75 bits per heavy atom. The number of thiophene rings is 1. The number of aryl methyl sites for hydroxylation is 1. The van der Waals surface area contributed by atoms with Crippen molar-refractivity contribution in [1.82, 2.24) is 10.2 Å². The molecule has 16 heavy (non-hydrogen) atoms. The van der Waals surface area contributed by atoms with Crippen LogP contribution in [0.25, 0.3) is 0 Å². The quantitative estimate of drug-likeness (QED) is 0.782. The third-order valence-corrected chi connectivity index (χ3v) is 3.38. The van der Waals surface area contributed by atoms with Gasteiger partial charge < -0.3 is 0 Å². The van der Waals surface area contributed by atoms with Crippen LogP contribution in [0.4, 0.5) is 4.79 Å². The number of hydrogen-bond donors (Lipinski definition) is 1. The largest absolute Gasteiger partial charge is 0.331 e. The van der Waals surface area contributed by atoms with Crippen molar-refractivity contribution >= 4 is 29.2 Å². The molecule has 0 aromatic carbocycles. The number of rotatable bonds is 2. The van der Waals surface area contributed by atoms with E-state index in [0.29, 0.717) is 0 Å². The zero-order valence-corrected chi connectivity index (χ0v) is 9.47. The van der Waals surface area contributed by atoms with Crippen molar-refractivity contribution in [3.05, 3.63) is 21.9 Å². The number of nitrogens with zero attached hydrogens (tertiary/aromatic N) is 1. The van der Waals surface area contributed by atoms with Crippen LogP contribution in [0.15, 0.2) is 11.4 Å². The molecule has 0 unspecified atom stereocenters. The van der Waals surface area contributed by atoms with Crippen molar-refractivity contribution in [1.29, 1.82) is 0 Å². The number of carbonyl (C=O) groups excluding carboxylic acids is 3. The molecule has 0 atom stereocenters. The van der Waals surface area contributed by atoms with E-state index in [1.165, 1.54) is 11.3 Å². The number of nitrogens with one attached hydrogen (secondary N) is 1. The summed E-state index contributed by atoms with van der Waals surface area (Å²) in [4.78, 5) is 35.9. The predicted octanol–water partition coefficient (Wildman–Crippen LogP) is 1.03. The maximum atomic E-state index is 11.5. The van der Waals surface area contributed by atoms with Gasteiger partial charge in [-0.1, -0.05) is 0 Å². The molecule has 84 valence electrons. The van der Waals surface area contributed by atoms with E-state index in [2.05, 4.69) is 5.32 Å². The molecule has 0 radical (unpaired) electrons. The summed E-state index contributed by atoms with van der Waals surface area (Å²) in [6.07, 6.45) is -0.254. The lowest BCUT2D eigenvalue weighted by Gasteiger charge is -2.24. The molecular formula is C10H10N2O3S. The zero-order valence-electron chi connectivity index (χ0n) is 8.65. The number of amides is 4. The summed E-state index contributed by atoms with van der Waals surface area (Å²) in [6, 6.07) is 1.30. The first kappa shape index (κ1) is 10.8. The lowest BCUT2D eigenvalue weighted by Crippen LogP contribution is -2.52. The Labute approximate surface area is 96.0 Å². The van der Waals surface area contributed by atoms with Gasteiger partial charge in [-0.05, 0) is 23.9 Å². The number of imide groups is 2. The van der Waals surface area contributed by atoms with Crippen molar-refractivity contribution in [3.63, 3.8) is 0 Å². The van der Waals surface area contributed by atoms with Gasteiger partial charge in [-0.25, -0.2) is 4.79 Å². The summed E-state index contributed by atoms with van der Waals surface area (Å²) in [5.74, 6) is -0.976. The van der Waals surface area contributed by atoms with Gasteiger partial charge in [-0.3, -0.25) is 19.8 Å². The van der Waals surface area contributed by atoms with Crippen LogP contribution in [0, 0.1) is 6.92 Å². The Hall–Kier alpha value is -1.69. The van der Waals surface area contributed by atoms with Gasteiger partial charge in [-0.15, -0.1) is 11.3 Å². The van der Waals surface area contributed by atoms with Crippen molar-refractivity contribution in [2.75, 3.05) is 0 Å². The average molecular weight is 238 g/mol. The minimum absolute atomic E-state index is 0.238. The molecule has 0 spiro atoms. The van der Waals surface area contributed by atoms with Crippen LogP contribution in [-0.2, 0) is 16.1 Å². The Kier molecular flexibility index (Phi) is 2.74. The fraction of sp³-hybridized carbons (Fsp3) is 0.300. The summed E-state index contributed by atoms with van der Waals surface area (Å²) in [5, 5.41) is 4.03. The number of carbonyl (C=O) groups is 3. The first-order valence-corrected chi connectivity index (χ1v) is 5.63. The molecule has 0 bridgehead atoms. The van der Waals surface area contributed by atoms with Crippen molar-refractivity contribution < 1.29 is 14.4 Å². The van der Waals surface area contributed by atoms with Crippen LogP contribution in [0.2, 0.25) is 0 Å². The molecule has 1 N–H and O–H groups in total. The smallest absolute Gasteiger partial charge is 0.277 e. The first-order chi connectivity index (χ1) is 7.58. The lowest BCUT2D eigenvalue weighted by molar-refractivity contribution is -0.136. The standard InChI is InChI=1S/C10H10N2O3S/c1-6-2-3-16-7(6)5-12-9(14)4-8(13)11-10(12)15/h2-3H,4-5H2,1H3,(H,11,13,15). The summed E-state index contributed by atoms with van der Waals surface area (Å²) in [5.41, 5.74) is 1.04. The lowest BCUT2D eigenvalue weighted by atomic mass is 10.2. The van der Waals surface area contributed by atoms with E-state index in [9.17, 15) is 14.4 Å². The van der Waals surface area contributed by atoms with Crippen LogP contribution in [0.3, 0.4) is 0 Å². The van der Waals surface area contributed by atoms with Gasteiger partial charge in [0.25, 0.3) is 0 Å². The Balaban J connectivity index is 2.15. The number of barbiturate groups is 1. The molecule has 0 saturated carbocycles. The molecule has 5 nitrogen and oxygen atoms in total. The molecule has 4 amide bonds.